The minimum Gasteiger partial charge on any atom is -0.456 e. The number of halogens is 4. The molecule has 3 aromatic rings. The molecule has 3 rings (SSSR count). The summed E-state index contributed by atoms with van der Waals surface area (Å²) in [4.78, 5) is 5.36. The van der Waals surface area contributed by atoms with E-state index in [4.69, 9.17) is 28.2 Å². The van der Waals surface area contributed by atoms with E-state index in [1.807, 2.05) is 17.5 Å². The largest absolute Gasteiger partial charge is 0.522 e. The zero-order chi connectivity index (χ0) is 21.0. The molecular weight excluding hydrogens is 427 g/mol. The maximum absolute atomic E-state index is 12.1. The number of pyridine rings is 1. The molecule has 0 unspecified atom stereocenters. The first-order chi connectivity index (χ1) is 13.8. The van der Waals surface area contributed by atoms with Crippen molar-refractivity contribution in [3.8, 4) is 12.3 Å². The van der Waals surface area contributed by atoms with Gasteiger partial charge in [0.1, 0.15) is 16.4 Å². The lowest BCUT2D eigenvalue weighted by Crippen LogP contribution is -2.26. The molecule has 3 aromatic heterocycles. The molecule has 5 nitrogen and oxygen atoms in total. The van der Waals surface area contributed by atoms with Gasteiger partial charge >= 0.3 is 6.36 Å². The van der Waals surface area contributed by atoms with Gasteiger partial charge in [-0.15, -0.1) is 30.9 Å². The Morgan fingerprint density at radius 2 is 2.24 bits per heavy atom. The third-order valence-electron chi connectivity index (χ3n) is 4.06. The van der Waals surface area contributed by atoms with E-state index in [-0.39, 0.29) is 18.0 Å². The summed E-state index contributed by atoms with van der Waals surface area (Å²) in [5, 5.41) is 5.45. The number of ether oxygens (including phenoxy) is 1. The van der Waals surface area contributed by atoms with Crippen molar-refractivity contribution < 1.29 is 22.3 Å². The minimum absolute atomic E-state index is 0.0156. The van der Waals surface area contributed by atoms with Crippen LogP contribution in [0.15, 0.2) is 28.0 Å². The number of alkyl halides is 3. The van der Waals surface area contributed by atoms with Crippen LogP contribution in [0.1, 0.15) is 22.6 Å². The molecule has 0 aliphatic heterocycles. The molecule has 0 aliphatic carbocycles. The number of anilines is 1. The van der Waals surface area contributed by atoms with Crippen LogP contribution in [-0.2, 0) is 17.7 Å². The van der Waals surface area contributed by atoms with Crippen molar-refractivity contribution in [3.05, 3.63) is 44.9 Å². The summed E-state index contributed by atoms with van der Waals surface area (Å²) in [6.07, 6.45) is 1.05. The van der Waals surface area contributed by atoms with Crippen LogP contribution in [0.2, 0.25) is 5.15 Å². The van der Waals surface area contributed by atoms with E-state index in [1.165, 1.54) is 0 Å². The number of nitrogens with one attached hydrogen (secondary N) is 1. The normalized spacial score (nSPS) is 12.8. The molecular formula is C19H17ClF3N3O2S. The van der Waals surface area contributed by atoms with E-state index in [9.17, 15) is 13.2 Å². The number of fused-ring (bicyclic) bond motifs is 1. The summed E-state index contributed by atoms with van der Waals surface area (Å²) >= 11 is 7.73. The summed E-state index contributed by atoms with van der Waals surface area (Å²) in [6, 6.07) is 4.92. The van der Waals surface area contributed by atoms with Crippen molar-refractivity contribution in [1.29, 1.82) is 0 Å². The highest BCUT2D eigenvalue weighted by Gasteiger charge is 2.29. The molecule has 0 amide bonds. The predicted molar refractivity (Wildman–Crippen MR) is 107 cm³/mol. The Labute approximate surface area is 174 Å². The van der Waals surface area contributed by atoms with Crippen LogP contribution in [0.3, 0.4) is 0 Å². The summed E-state index contributed by atoms with van der Waals surface area (Å²) in [6.45, 7) is 0.0107. The fourth-order valence-electron chi connectivity index (χ4n) is 2.77. The van der Waals surface area contributed by atoms with Gasteiger partial charge in [0.05, 0.1) is 17.9 Å². The minimum atomic E-state index is -4.69. The van der Waals surface area contributed by atoms with Gasteiger partial charge < -0.3 is 15.5 Å². The van der Waals surface area contributed by atoms with E-state index in [0.29, 0.717) is 34.7 Å². The molecule has 3 N–H and O–H groups in total. The molecule has 154 valence electrons. The number of aromatic nitrogens is 1. The Morgan fingerprint density at radius 1 is 1.45 bits per heavy atom. The lowest BCUT2D eigenvalue weighted by Gasteiger charge is -2.12. The van der Waals surface area contributed by atoms with Gasteiger partial charge in [0.15, 0.2) is 5.58 Å². The van der Waals surface area contributed by atoms with Crippen LogP contribution in [0.4, 0.5) is 18.9 Å². The second-order valence-corrected chi connectivity index (χ2v) is 7.61. The second-order valence-electron chi connectivity index (χ2n) is 6.19. The Balaban J connectivity index is 1.81. The van der Waals surface area contributed by atoms with Crippen molar-refractivity contribution in [1.82, 2.24) is 4.98 Å². The smallest absolute Gasteiger partial charge is 0.456 e. The van der Waals surface area contributed by atoms with Crippen molar-refractivity contribution in [2.45, 2.75) is 31.8 Å². The molecule has 0 saturated carbocycles. The van der Waals surface area contributed by atoms with E-state index in [1.54, 1.807) is 17.4 Å². The molecule has 0 spiro atoms. The van der Waals surface area contributed by atoms with Crippen LogP contribution in [0.5, 0.6) is 0 Å². The van der Waals surface area contributed by atoms with Crippen LogP contribution in [0, 0.1) is 12.3 Å². The average molecular weight is 444 g/mol. The fourth-order valence-corrected chi connectivity index (χ4v) is 3.60. The highest BCUT2D eigenvalue weighted by atomic mass is 35.5. The van der Waals surface area contributed by atoms with Crippen molar-refractivity contribution in [2.24, 2.45) is 5.73 Å². The van der Waals surface area contributed by atoms with E-state index < -0.39 is 19.0 Å². The Bertz CT molecular complexity index is 1010. The lowest BCUT2D eigenvalue weighted by molar-refractivity contribution is -0.324. The Hall–Kier alpha value is -2.25. The van der Waals surface area contributed by atoms with Crippen molar-refractivity contribution in [2.75, 3.05) is 11.9 Å². The topological polar surface area (TPSA) is 73.3 Å². The van der Waals surface area contributed by atoms with Crippen LogP contribution >= 0.6 is 22.9 Å². The van der Waals surface area contributed by atoms with E-state index >= 15 is 0 Å². The number of rotatable bonds is 8. The molecule has 0 radical (unpaired) electrons. The first kappa shape index (κ1) is 21.5. The van der Waals surface area contributed by atoms with Gasteiger partial charge in [-0.2, -0.15) is 0 Å². The quantitative estimate of drug-likeness (QED) is 0.381. The monoisotopic (exact) mass is 443 g/mol. The summed E-state index contributed by atoms with van der Waals surface area (Å²) in [5.74, 6) is 2.89. The highest BCUT2D eigenvalue weighted by Crippen LogP contribution is 2.33. The number of nitrogens with zero attached hydrogens (tertiary/aromatic N) is 1. The van der Waals surface area contributed by atoms with Gasteiger partial charge in [-0.05, 0) is 17.9 Å². The maximum Gasteiger partial charge on any atom is 0.522 e. The van der Waals surface area contributed by atoms with Crippen LogP contribution in [0.25, 0.3) is 11.1 Å². The zero-order valence-corrected chi connectivity index (χ0v) is 16.6. The molecule has 0 bridgehead atoms. The number of hydrogen-bond acceptors (Lipinski definition) is 6. The van der Waals surface area contributed by atoms with Gasteiger partial charge in [-0.25, -0.2) is 4.98 Å². The molecule has 3 heterocycles. The third kappa shape index (κ3) is 5.64. The number of thiophene rings is 1. The number of hydrogen-bond donors (Lipinski definition) is 2. The van der Waals surface area contributed by atoms with E-state index in [2.05, 4.69) is 21.0 Å². The zero-order valence-electron chi connectivity index (χ0n) is 15.1. The van der Waals surface area contributed by atoms with E-state index in [0.717, 1.165) is 4.88 Å². The molecule has 0 aliphatic rings. The standard InChI is InChI=1S/C19H17ClF3N3O2S/c1-2-13-15(8-11(24)5-6-27-19(21,22)23)28-18-14(9-16(20)26-17(13)18)25-10-12-4-3-7-29-12/h1,3-4,7,9,11H,5-6,8,10,24H2,(H,25,26)/t11-/m0/s1. The fraction of sp³-hybridized carbons (Fsp3) is 0.316. The first-order valence-corrected chi connectivity index (χ1v) is 9.83. The second kappa shape index (κ2) is 9.05. The van der Waals surface area contributed by atoms with Crippen LogP contribution < -0.4 is 11.1 Å². The molecule has 0 fully saturated rings. The highest BCUT2D eigenvalue weighted by molar-refractivity contribution is 7.09. The molecule has 0 aromatic carbocycles. The van der Waals surface area contributed by atoms with Gasteiger partial charge in [0.2, 0.25) is 0 Å². The number of terminal acetylenes is 1. The van der Waals surface area contributed by atoms with Gasteiger partial charge in [-0.1, -0.05) is 23.6 Å². The summed E-state index contributed by atoms with van der Waals surface area (Å²) in [7, 11) is 0. The van der Waals surface area contributed by atoms with Crippen molar-refractivity contribution >= 4 is 39.7 Å². The van der Waals surface area contributed by atoms with Crippen LogP contribution in [-0.4, -0.2) is 24.0 Å². The van der Waals surface area contributed by atoms with Gasteiger partial charge in [0.25, 0.3) is 0 Å². The predicted octanol–water partition coefficient (Wildman–Crippen LogP) is 4.93. The average Bonchev–Trinajstić information content (AvgIpc) is 3.25. The van der Waals surface area contributed by atoms with Gasteiger partial charge in [-0.3, -0.25) is 4.74 Å². The first-order valence-electron chi connectivity index (χ1n) is 8.58. The molecule has 29 heavy (non-hydrogen) atoms. The Morgan fingerprint density at radius 3 is 2.90 bits per heavy atom. The van der Waals surface area contributed by atoms with Crippen molar-refractivity contribution in [3.63, 3.8) is 0 Å². The lowest BCUT2D eigenvalue weighted by atomic mass is 10.1. The van der Waals surface area contributed by atoms with Gasteiger partial charge in [0, 0.05) is 30.0 Å². The third-order valence-corrected chi connectivity index (χ3v) is 5.13. The maximum atomic E-state index is 12.1. The summed E-state index contributed by atoms with van der Waals surface area (Å²) in [5.41, 5.74) is 7.76. The molecule has 0 saturated heterocycles. The number of nitrogens with two attached hydrogens (primary N) is 1. The SMILES string of the molecule is C#Cc1c(C[C@@H](N)CCOC(F)(F)F)oc2c(NCc3cccs3)cc(Cl)nc12. The summed E-state index contributed by atoms with van der Waals surface area (Å²) < 4.78 is 46.0. The Kier molecular flexibility index (Phi) is 6.70. The number of furan rings is 1. The molecule has 10 heteroatoms. The molecule has 1 atom stereocenters.